The number of nitrogens with zero attached hydrogens (tertiary/aromatic N) is 2. The van der Waals surface area contributed by atoms with Crippen molar-refractivity contribution in [3.05, 3.63) is 66.0 Å². The van der Waals surface area contributed by atoms with Gasteiger partial charge in [-0.25, -0.2) is 0 Å². The summed E-state index contributed by atoms with van der Waals surface area (Å²) in [5.74, 6) is 0. The molecule has 4 heteroatoms. The standard InChI is InChI=1S/C18H22N2O2/c21-15-18(12-16-4-2-1-3-5-16)14-20(10-11-22-18)13-17-6-8-19-9-7-17/h1-9,21H,10-15H2. The molecule has 1 aromatic carbocycles. The van der Waals surface area contributed by atoms with Crippen LogP contribution in [0.4, 0.5) is 0 Å². The van der Waals surface area contributed by atoms with Crippen LogP contribution >= 0.6 is 0 Å². The number of rotatable bonds is 5. The number of aliphatic hydroxyl groups excluding tert-OH is 1. The Labute approximate surface area is 131 Å². The molecular formula is C18H22N2O2. The van der Waals surface area contributed by atoms with E-state index in [-0.39, 0.29) is 6.61 Å². The van der Waals surface area contributed by atoms with Crippen LogP contribution in [-0.4, -0.2) is 46.9 Å². The third kappa shape index (κ3) is 3.71. The molecule has 3 rings (SSSR count). The van der Waals surface area contributed by atoms with Crippen LogP contribution in [0, 0.1) is 0 Å². The summed E-state index contributed by atoms with van der Waals surface area (Å²) in [7, 11) is 0. The van der Waals surface area contributed by atoms with Gasteiger partial charge in [0.25, 0.3) is 0 Å². The average molecular weight is 298 g/mol. The van der Waals surface area contributed by atoms with Crippen LogP contribution in [0.3, 0.4) is 0 Å². The number of aliphatic hydroxyl groups is 1. The van der Waals surface area contributed by atoms with Crippen LogP contribution in [0.2, 0.25) is 0 Å². The molecule has 0 spiro atoms. The van der Waals surface area contributed by atoms with Crippen molar-refractivity contribution >= 4 is 0 Å². The van der Waals surface area contributed by atoms with Gasteiger partial charge in [-0.1, -0.05) is 30.3 Å². The van der Waals surface area contributed by atoms with Gasteiger partial charge in [0.15, 0.2) is 0 Å². The molecule has 4 nitrogen and oxygen atoms in total. The highest BCUT2D eigenvalue weighted by molar-refractivity contribution is 5.18. The van der Waals surface area contributed by atoms with Crippen molar-refractivity contribution in [2.45, 2.75) is 18.6 Å². The fraction of sp³-hybridized carbons (Fsp3) is 0.389. The molecule has 1 aliphatic rings. The lowest BCUT2D eigenvalue weighted by Gasteiger charge is -2.42. The second-order valence-corrected chi connectivity index (χ2v) is 5.92. The Hall–Kier alpha value is -1.75. The molecule has 1 aromatic heterocycles. The summed E-state index contributed by atoms with van der Waals surface area (Å²) in [6.07, 6.45) is 4.37. The van der Waals surface area contributed by atoms with E-state index in [9.17, 15) is 5.11 Å². The molecule has 116 valence electrons. The van der Waals surface area contributed by atoms with Gasteiger partial charge in [-0.15, -0.1) is 0 Å². The molecule has 1 atom stereocenters. The molecule has 0 amide bonds. The van der Waals surface area contributed by atoms with Crippen LogP contribution in [-0.2, 0) is 17.7 Å². The molecule has 1 saturated heterocycles. The van der Waals surface area contributed by atoms with Gasteiger partial charge in [-0.2, -0.15) is 0 Å². The first-order valence-corrected chi connectivity index (χ1v) is 7.70. The van der Waals surface area contributed by atoms with Crippen molar-refractivity contribution in [2.24, 2.45) is 0 Å². The van der Waals surface area contributed by atoms with E-state index in [0.29, 0.717) is 6.61 Å². The Morgan fingerprint density at radius 2 is 1.86 bits per heavy atom. The molecule has 1 aliphatic heterocycles. The van der Waals surface area contributed by atoms with E-state index >= 15 is 0 Å². The Balaban J connectivity index is 1.69. The summed E-state index contributed by atoms with van der Waals surface area (Å²) >= 11 is 0. The van der Waals surface area contributed by atoms with Gasteiger partial charge in [0.1, 0.15) is 5.60 Å². The fourth-order valence-corrected chi connectivity index (χ4v) is 3.03. The first-order chi connectivity index (χ1) is 10.8. The van der Waals surface area contributed by atoms with Crippen molar-refractivity contribution < 1.29 is 9.84 Å². The summed E-state index contributed by atoms with van der Waals surface area (Å²) in [5, 5.41) is 9.93. The van der Waals surface area contributed by atoms with Gasteiger partial charge in [0, 0.05) is 38.4 Å². The predicted molar refractivity (Wildman–Crippen MR) is 85.4 cm³/mol. The van der Waals surface area contributed by atoms with Gasteiger partial charge in [-0.3, -0.25) is 9.88 Å². The normalized spacial score (nSPS) is 22.6. The number of aromatic nitrogens is 1. The van der Waals surface area contributed by atoms with Gasteiger partial charge < -0.3 is 9.84 Å². The summed E-state index contributed by atoms with van der Waals surface area (Å²) < 4.78 is 5.98. The van der Waals surface area contributed by atoms with Crippen LogP contribution in [0.15, 0.2) is 54.9 Å². The largest absolute Gasteiger partial charge is 0.393 e. The molecule has 2 aromatic rings. The van der Waals surface area contributed by atoms with Gasteiger partial charge in [0.05, 0.1) is 13.2 Å². The Morgan fingerprint density at radius 1 is 1.09 bits per heavy atom. The molecule has 2 heterocycles. The number of morpholine rings is 1. The van der Waals surface area contributed by atoms with E-state index in [1.54, 1.807) is 0 Å². The summed E-state index contributed by atoms with van der Waals surface area (Å²) in [5.41, 5.74) is 1.93. The minimum Gasteiger partial charge on any atom is -0.393 e. The van der Waals surface area contributed by atoms with E-state index in [1.165, 1.54) is 11.1 Å². The Kier molecular flexibility index (Phi) is 4.83. The third-order valence-electron chi connectivity index (χ3n) is 4.14. The number of ether oxygens (including phenoxy) is 1. The van der Waals surface area contributed by atoms with Crippen LogP contribution in [0.25, 0.3) is 0 Å². The first-order valence-electron chi connectivity index (χ1n) is 7.70. The van der Waals surface area contributed by atoms with E-state index in [4.69, 9.17) is 4.74 Å². The lowest BCUT2D eigenvalue weighted by atomic mass is 9.93. The maximum absolute atomic E-state index is 9.93. The van der Waals surface area contributed by atoms with Crippen LogP contribution < -0.4 is 0 Å². The number of hydrogen-bond donors (Lipinski definition) is 1. The SMILES string of the molecule is OCC1(Cc2ccccc2)CN(Cc2ccncc2)CCO1. The van der Waals surface area contributed by atoms with Gasteiger partial charge in [-0.05, 0) is 23.3 Å². The number of pyridine rings is 1. The molecule has 1 fully saturated rings. The minimum absolute atomic E-state index is 0.0364. The maximum atomic E-state index is 9.93. The molecule has 22 heavy (non-hydrogen) atoms. The molecule has 0 radical (unpaired) electrons. The highest BCUT2D eigenvalue weighted by atomic mass is 16.5. The summed E-state index contributed by atoms with van der Waals surface area (Å²) in [4.78, 5) is 6.40. The van der Waals surface area contributed by atoms with Crippen molar-refractivity contribution in [3.63, 3.8) is 0 Å². The second-order valence-electron chi connectivity index (χ2n) is 5.92. The zero-order valence-corrected chi connectivity index (χ0v) is 12.7. The van der Waals surface area contributed by atoms with Crippen molar-refractivity contribution in [2.75, 3.05) is 26.3 Å². The van der Waals surface area contributed by atoms with Gasteiger partial charge >= 0.3 is 0 Å². The first kappa shape index (κ1) is 15.2. The number of hydrogen-bond acceptors (Lipinski definition) is 4. The third-order valence-corrected chi connectivity index (χ3v) is 4.14. The Morgan fingerprint density at radius 3 is 2.59 bits per heavy atom. The van der Waals surface area contributed by atoms with E-state index in [2.05, 4.69) is 22.0 Å². The summed E-state index contributed by atoms with van der Waals surface area (Å²) in [6, 6.07) is 14.3. The average Bonchev–Trinajstić information content (AvgIpc) is 2.57. The summed E-state index contributed by atoms with van der Waals surface area (Å²) in [6.45, 7) is 3.18. The molecule has 1 unspecified atom stereocenters. The molecule has 0 bridgehead atoms. The Bertz CT molecular complexity index is 576. The zero-order valence-electron chi connectivity index (χ0n) is 12.7. The molecule has 1 N–H and O–H groups in total. The smallest absolute Gasteiger partial charge is 0.108 e. The lowest BCUT2D eigenvalue weighted by molar-refractivity contribution is -0.134. The van der Waals surface area contributed by atoms with E-state index in [0.717, 1.165) is 26.1 Å². The van der Waals surface area contributed by atoms with Crippen molar-refractivity contribution in [1.29, 1.82) is 0 Å². The fourth-order valence-electron chi connectivity index (χ4n) is 3.03. The van der Waals surface area contributed by atoms with Crippen molar-refractivity contribution in [3.8, 4) is 0 Å². The topological polar surface area (TPSA) is 45.6 Å². The highest BCUT2D eigenvalue weighted by Crippen LogP contribution is 2.24. The zero-order chi connectivity index (χ0) is 15.3. The maximum Gasteiger partial charge on any atom is 0.108 e. The molecule has 0 saturated carbocycles. The monoisotopic (exact) mass is 298 g/mol. The van der Waals surface area contributed by atoms with E-state index < -0.39 is 5.60 Å². The molecule has 0 aliphatic carbocycles. The quantitative estimate of drug-likeness (QED) is 0.915. The van der Waals surface area contributed by atoms with Gasteiger partial charge in [0.2, 0.25) is 0 Å². The minimum atomic E-state index is -0.507. The number of benzene rings is 1. The van der Waals surface area contributed by atoms with E-state index in [1.807, 2.05) is 42.7 Å². The molecular weight excluding hydrogens is 276 g/mol. The highest BCUT2D eigenvalue weighted by Gasteiger charge is 2.36. The second kappa shape index (κ2) is 7.01. The predicted octanol–water partition coefficient (Wildman–Crippen LogP) is 1.89. The van der Waals surface area contributed by atoms with Crippen molar-refractivity contribution in [1.82, 2.24) is 9.88 Å². The van der Waals surface area contributed by atoms with Crippen LogP contribution in [0.1, 0.15) is 11.1 Å². The lowest BCUT2D eigenvalue weighted by Crippen LogP contribution is -2.55. The van der Waals surface area contributed by atoms with Crippen LogP contribution in [0.5, 0.6) is 0 Å².